The highest BCUT2D eigenvalue weighted by Gasteiger charge is 1.99. The molecule has 0 fully saturated rings. The Bertz CT molecular complexity index is 793. The quantitative estimate of drug-likeness (QED) is 0.516. The molecule has 0 aromatic heterocycles. The summed E-state index contributed by atoms with van der Waals surface area (Å²) in [7, 11) is 0. The van der Waals surface area contributed by atoms with E-state index in [4.69, 9.17) is 0 Å². The highest BCUT2D eigenvalue weighted by molar-refractivity contribution is 5.95. The molecule has 0 spiro atoms. The summed E-state index contributed by atoms with van der Waals surface area (Å²) >= 11 is 0. The largest absolute Gasteiger partial charge is 0.507 e. The summed E-state index contributed by atoms with van der Waals surface area (Å²) in [4.78, 5) is 4.16. The van der Waals surface area contributed by atoms with Gasteiger partial charge in [-0.05, 0) is 45.0 Å². The van der Waals surface area contributed by atoms with Gasteiger partial charge in [-0.15, -0.1) is 5.10 Å². The van der Waals surface area contributed by atoms with E-state index in [1.807, 2.05) is 38.1 Å². The summed E-state index contributed by atoms with van der Waals surface area (Å²) < 4.78 is 0. The van der Waals surface area contributed by atoms with Crippen molar-refractivity contribution in [2.45, 2.75) is 20.8 Å². The predicted octanol–water partition coefficient (Wildman–Crippen LogP) is 3.59. The van der Waals surface area contributed by atoms with Crippen LogP contribution < -0.4 is 0 Å². The van der Waals surface area contributed by atoms with Crippen LogP contribution in [0.3, 0.4) is 0 Å². The van der Waals surface area contributed by atoms with Gasteiger partial charge in [-0.3, -0.25) is 0 Å². The zero-order chi connectivity index (χ0) is 16.8. The van der Waals surface area contributed by atoms with Gasteiger partial charge in [0.25, 0.3) is 0 Å². The summed E-state index contributed by atoms with van der Waals surface area (Å²) in [5, 5.41) is 27.3. The Morgan fingerprint density at radius 3 is 1.96 bits per heavy atom. The first-order valence-electron chi connectivity index (χ1n) is 7.16. The molecule has 5 heteroatoms. The molecule has 0 saturated heterocycles. The fourth-order valence-corrected chi connectivity index (χ4v) is 1.92. The lowest BCUT2D eigenvalue weighted by Crippen LogP contribution is -1.90. The molecule has 5 nitrogen and oxygen atoms in total. The molecule has 2 aromatic rings. The Hall–Kier alpha value is -2.95. The maximum absolute atomic E-state index is 9.74. The van der Waals surface area contributed by atoms with Crippen LogP contribution in [0.1, 0.15) is 29.2 Å². The van der Waals surface area contributed by atoms with Gasteiger partial charge in [0, 0.05) is 17.3 Å². The molecular weight excluding hydrogens is 290 g/mol. The predicted molar refractivity (Wildman–Crippen MR) is 94.0 cm³/mol. The number of amidine groups is 1. The maximum Gasteiger partial charge on any atom is 0.147 e. The average Bonchev–Trinajstić information content (AvgIpc) is 2.51. The van der Waals surface area contributed by atoms with E-state index in [9.17, 15) is 10.2 Å². The molecule has 0 saturated carbocycles. The zero-order valence-corrected chi connectivity index (χ0v) is 13.4. The lowest BCUT2D eigenvalue weighted by atomic mass is 10.1. The third kappa shape index (κ3) is 4.78. The highest BCUT2D eigenvalue weighted by atomic mass is 16.3. The molecule has 0 heterocycles. The number of hydrogen-bond donors (Lipinski definition) is 2. The number of rotatable bonds is 3. The SMILES string of the molecule is C/C(N=Cc1cc(C)ccc1O)=N/N=C/c1cc(C)ccc1O. The normalized spacial score (nSPS) is 12.4. The number of benzene rings is 2. The molecule has 0 bridgehead atoms. The Morgan fingerprint density at radius 2 is 1.39 bits per heavy atom. The van der Waals surface area contributed by atoms with Crippen LogP contribution in [0.15, 0.2) is 51.6 Å². The van der Waals surface area contributed by atoms with Crippen LogP contribution in [0, 0.1) is 13.8 Å². The minimum atomic E-state index is 0.153. The molecule has 0 unspecified atom stereocenters. The number of hydrogen-bond acceptors (Lipinski definition) is 4. The van der Waals surface area contributed by atoms with Crippen molar-refractivity contribution in [2.75, 3.05) is 0 Å². The van der Waals surface area contributed by atoms with Crippen LogP contribution in [-0.4, -0.2) is 28.5 Å². The summed E-state index contributed by atoms with van der Waals surface area (Å²) in [6.07, 6.45) is 3.02. The van der Waals surface area contributed by atoms with E-state index in [2.05, 4.69) is 15.2 Å². The Labute approximate surface area is 135 Å². The molecule has 2 N–H and O–H groups in total. The second kappa shape index (κ2) is 7.35. The van der Waals surface area contributed by atoms with Gasteiger partial charge in [0.1, 0.15) is 17.3 Å². The summed E-state index contributed by atoms with van der Waals surface area (Å²) in [5.41, 5.74) is 3.28. The zero-order valence-electron chi connectivity index (χ0n) is 13.4. The lowest BCUT2D eigenvalue weighted by Gasteiger charge is -1.99. The van der Waals surface area contributed by atoms with Gasteiger partial charge in [-0.2, -0.15) is 5.10 Å². The van der Waals surface area contributed by atoms with Crippen LogP contribution in [0.25, 0.3) is 0 Å². The van der Waals surface area contributed by atoms with E-state index in [0.717, 1.165) is 11.1 Å². The van der Waals surface area contributed by atoms with Gasteiger partial charge in [-0.1, -0.05) is 23.3 Å². The Morgan fingerprint density at radius 1 is 0.870 bits per heavy atom. The van der Waals surface area contributed by atoms with Crippen LogP contribution in [0.2, 0.25) is 0 Å². The van der Waals surface area contributed by atoms with Gasteiger partial charge in [0.2, 0.25) is 0 Å². The van der Waals surface area contributed by atoms with Crippen molar-refractivity contribution in [1.82, 2.24) is 0 Å². The molecule has 2 rings (SSSR count). The first kappa shape index (κ1) is 16.4. The minimum absolute atomic E-state index is 0.153. The number of aliphatic imine (C=N–C) groups is 1. The van der Waals surface area contributed by atoms with E-state index in [-0.39, 0.29) is 11.5 Å². The lowest BCUT2D eigenvalue weighted by molar-refractivity contribution is 0.474. The molecular formula is C18H19N3O2. The third-order valence-corrected chi connectivity index (χ3v) is 3.16. The van der Waals surface area contributed by atoms with Gasteiger partial charge in [-0.25, -0.2) is 4.99 Å². The van der Waals surface area contributed by atoms with Crippen molar-refractivity contribution in [2.24, 2.45) is 15.2 Å². The van der Waals surface area contributed by atoms with Crippen molar-refractivity contribution in [3.63, 3.8) is 0 Å². The summed E-state index contributed by atoms with van der Waals surface area (Å²) in [6.45, 7) is 5.58. The first-order valence-corrected chi connectivity index (χ1v) is 7.16. The summed E-state index contributed by atoms with van der Waals surface area (Å²) in [5.74, 6) is 0.759. The molecule has 118 valence electrons. The standard InChI is InChI=1S/C18H19N3O2/c1-12-4-6-17(22)15(8-12)10-19-14(3)21-20-11-16-9-13(2)5-7-18(16)23/h4-11,22-23H,1-3H3/b19-10?,20-11+,21-14-. The number of phenols is 2. The molecule has 0 aliphatic carbocycles. The highest BCUT2D eigenvalue weighted by Crippen LogP contribution is 2.16. The second-order valence-electron chi connectivity index (χ2n) is 5.27. The summed E-state index contributed by atoms with van der Waals surface area (Å²) in [6, 6.07) is 10.5. The number of aromatic hydroxyl groups is 2. The van der Waals surface area contributed by atoms with Crippen molar-refractivity contribution in [3.8, 4) is 11.5 Å². The molecule has 0 amide bonds. The van der Waals surface area contributed by atoms with Gasteiger partial charge < -0.3 is 10.2 Å². The fraction of sp³-hybridized carbons (Fsp3) is 0.167. The second-order valence-corrected chi connectivity index (χ2v) is 5.27. The van der Waals surface area contributed by atoms with Gasteiger partial charge >= 0.3 is 0 Å². The van der Waals surface area contributed by atoms with Crippen molar-refractivity contribution >= 4 is 18.3 Å². The fourth-order valence-electron chi connectivity index (χ4n) is 1.92. The van der Waals surface area contributed by atoms with Gasteiger partial charge in [0.05, 0.1) is 6.21 Å². The Balaban J connectivity index is 2.11. The molecule has 2 aromatic carbocycles. The number of phenolic OH excluding ortho intramolecular Hbond substituents is 2. The van der Waals surface area contributed by atoms with Crippen molar-refractivity contribution in [1.29, 1.82) is 0 Å². The minimum Gasteiger partial charge on any atom is -0.507 e. The molecule has 0 atom stereocenters. The first-order chi connectivity index (χ1) is 11.0. The molecule has 0 aliphatic heterocycles. The number of nitrogens with zero attached hydrogens (tertiary/aromatic N) is 3. The third-order valence-electron chi connectivity index (χ3n) is 3.16. The average molecular weight is 309 g/mol. The number of aryl methyl sites for hydroxylation is 2. The Kier molecular flexibility index (Phi) is 5.25. The molecule has 23 heavy (non-hydrogen) atoms. The van der Waals surface area contributed by atoms with E-state index in [1.165, 1.54) is 6.21 Å². The van der Waals surface area contributed by atoms with Crippen LogP contribution in [0.5, 0.6) is 11.5 Å². The van der Waals surface area contributed by atoms with Crippen molar-refractivity contribution < 1.29 is 10.2 Å². The van der Waals surface area contributed by atoms with E-state index in [0.29, 0.717) is 17.0 Å². The maximum atomic E-state index is 9.74. The molecule has 0 radical (unpaired) electrons. The van der Waals surface area contributed by atoms with Crippen molar-refractivity contribution in [3.05, 3.63) is 58.7 Å². The van der Waals surface area contributed by atoms with E-state index in [1.54, 1.807) is 25.3 Å². The van der Waals surface area contributed by atoms with Gasteiger partial charge in [0.15, 0.2) is 0 Å². The van der Waals surface area contributed by atoms with Crippen LogP contribution >= 0.6 is 0 Å². The van der Waals surface area contributed by atoms with E-state index < -0.39 is 0 Å². The monoisotopic (exact) mass is 309 g/mol. The van der Waals surface area contributed by atoms with Crippen LogP contribution in [-0.2, 0) is 0 Å². The molecule has 0 aliphatic rings. The smallest absolute Gasteiger partial charge is 0.147 e. The van der Waals surface area contributed by atoms with E-state index >= 15 is 0 Å². The van der Waals surface area contributed by atoms with Crippen LogP contribution in [0.4, 0.5) is 0 Å². The topological polar surface area (TPSA) is 77.5 Å².